The number of aliphatic hydroxyl groups excluding tert-OH is 1. The van der Waals surface area contributed by atoms with E-state index in [2.05, 4.69) is 0 Å². The van der Waals surface area contributed by atoms with Gasteiger partial charge in [0.05, 0.1) is 0 Å². The van der Waals surface area contributed by atoms with E-state index < -0.39 is 70.3 Å². The highest BCUT2D eigenvalue weighted by Gasteiger charge is 2.95. The van der Waals surface area contributed by atoms with Crippen molar-refractivity contribution in [3.05, 3.63) is 9.66 Å². The molecule has 0 saturated heterocycles. The van der Waals surface area contributed by atoms with Gasteiger partial charge >= 0.3 is 47.6 Å². The molecule has 198 valence electrons. The minimum absolute atomic E-state index is 0.161. The van der Waals surface area contributed by atoms with Crippen molar-refractivity contribution in [2.45, 2.75) is 66.9 Å². The van der Waals surface area contributed by atoms with Crippen molar-refractivity contribution < 1.29 is 79.7 Å². The summed E-state index contributed by atoms with van der Waals surface area (Å²) in [5.41, 5.74) is 0. The maximum absolute atomic E-state index is 13.6. The van der Waals surface area contributed by atoms with Gasteiger partial charge in [0.25, 0.3) is 0 Å². The van der Waals surface area contributed by atoms with Crippen LogP contribution in [0.4, 0.5) is 74.6 Å². The molecular weight excluding hydrogens is 634 g/mol. The summed E-state index contributed by atoms with van der Waals surface area (Å²) in [5.74, 6) is -56.4. The van der Waals surface area contributed by atoms with Gasteiger partial charge in [-0.1, -0.05) is 0 Å². The average molecular weight is 644 g/mol. The molecule has 0 heterocycles. The number of halogens is 18. The summed E-state index contributed by atoms with van der Waals surface area (Å²) < 4.78 is 222. The largest absolute Gasteiger partial charge is 0.460 e. The first-order valence-corrected chi connectivity index (χ1v) is 8.98. The zero-order chi connectivity index (χ0) is 27.1. The monoisotopic (exact) mass is 644 g/mol. The van der Waals surface area contributed by atoms with Gasteiger partial charge in [-0.2, -0.15) is 74.6 Å². The van der Waals surface area contributed by atoms with Gasteiger partial charge in [-0.3, -0.25) is 0 Å². The Kier molecular flexibility index (Phi) is 9.15. The Hall–Kier alpha value is -0.760. The zero-order valence-corrected chi connectivity index (χ0v) is 17.3. The van der Waals surface area contributed by atoms with Gasteiger partial charge in [-0.15, -0.1) is 0 Å². The third-order valence-electron chi connectivity index (χ3n) is 3.91. The normalized spacial score (nSPS) is 16.4. The number of unbranched alkanes of at least 4 members (excludes halogenated alkanes) is 1. The van der Waals surface area contributed by atoms with Crippen LogP contribution in [0.2, 0.25) is 0 Å². The predicted molar refractivity (Wildman–Crippen MR) is 83.7 cm³/mol. The molecule has 0 fully saturated rings. The van der Waals surface area contributed by atoms with Crippen LogP contribution in [0.25, 0.3) is 0 Å². The molecule has 0 amide bonds. The highest BCUT2D eigenvalue weighted by atomic mass is 127. The van der Waals surface area contributed by atoms with Crippen LogP contribution in [0.15, 0.2) is 9.66 Å². The maximum Gasteiger partial charge on any atom is 0.460 e. The lowest BCUT2D eigenvalue weighted by Crippen LogP contribution is -2.74. The maximum atomic E-state index is 13.6. The van der Waals surface area contributed by atoms with E-state index in [1.54, 1.807) is 0 Å². The molecule has 0 aromatic carbocycles. The SMILES string of the molecule is OCCCCC(I)=CC(F)(F)C(F)(F)C(F)(F)C(F)(F)C(F)(F)C(F)(F)C(F)(F)C(F)(F)F. The highest BCUT2D eigenvalue weighted by molar-refractivity contribution is 14.1. The van der Waals surface area contributed by atoms with E-state index in [1.807, 2.05) is 0 Å². The molecule has 0 atom stereocenters. The lowest BCUT2D eigenvalue weighted by Gasteiger charge is -2.42. The van der Waals surface area contributed by atoms with E-state index in [0.717, 1.165) is 22.6 Å². The summed E-state index contributed by atoms with van der Waals surface area (Å²) in [6.45, 7) is -0.563. The molecular formula is C14H10F17IO. The smallest absolute Gasteiger partial charge is 0.396 e. The minimum Gasteiger partial charge on any atom is -0.396 e. The first-order valence-electron chi connectivity index (χ1n) is 7.90. The van der Waals surface area contributed by atoms with E-state index >= 15 is 0 Å². The average Bonchev–Trinajstić information content (AvgIpc) is 2.59. The summed E-state index contributed by atoms with van der Waals surface area (Å²) >= 11 is 0.785. The lowest BCUT2D eigenvalue weighted by atomic mass is 9.89. The van der Waals surface area contributed by atoms with Crippen molar-refractivity contribution in [3.8, 4) is 0 Å². The van der Waals surface area contributed by atoms with E-state index in [0.29, 0.717) is 0 Å². The second-order valence-electron chi connectivity index (χ2n) is 6.34. The van der Waals surface area contributed by atoms with Crippen LogP contribution in [-0.4, -0.2) is 59.3 Å². The Bertz CT molecular complexity index is 709. The van der Waals surface area contributed by atoms with Gasteiger partial charge in [0.1, 0.15) is 0 Å². The van der Waals surface area contributed by atoms with Crippen LogP contribution in [0, 0.1) is 0 Å². The van der Waals surface area contributed by atoms with Crippen LogP contribution in [0.5, 0.6) is 0 Å². The van der Waals surface area contributed by atoms with Crippen molar-refractivity contribution in [3.63, 3.8) is 0 Å². The van der Waals surface area contributed by atoms with Crippen LogP contribution >= 0.6 is 22.6 Å². The molecule has 0 aromatic heterocycles. The molecule has 19 heteroatoms. The molecule has 33 heavy (non-hydrogen) atoms. The number of alkyl halides is 17. The van der Waals surface area contributed by atoms with E-state index in [9.17, 15) is 74.6 Å². The number of allylic oxidation sites excluding steroid dienone is 2. The number of hydrogen-bond donors (Lipinski definition) is 1. The van der Waals surface area contributed by atoms with Crippen molar-refractivity contribution >= 4 is 22.6 Å². The second kappa shape index (κ2) is 9.36. The topological polar surface area (TPSA) is 20.2 Å². The zero-order valence-electron chi connectivity index (χ0n) is 15.2. The fourth-order valence-corrected chi connectivity index (χ4v) is 2.71. The van der Waals surface area contributed by atoms with E-state index in [1.165, 1.54) is 0 Å². The van der Waals surface area contributed by atoms with E-state index in [4.69, 9.17) is 5.11 Å². The highest BCUT2D eigenvalue weighted by Crippen LogP contribution is 2.64. The van der Waals surface area contributed by atoms with Gasteiger partial charge in [-0.05, 0) is 45.4 Å². The molecule has 0 saturated carbocycles. The Morgan fingerprint density at radius 2 is 0.879 bits per heavy atom. The van der Waals surface area contributed by atoms with Gasteiger partial charge in [0.15, 0.2) is 0 Å². The van der Waals surface area contributed by atoms with Crippen LogP contribution in [0.3, 0.4) is 0 Å². The molecule has 0 rings (SSSR count). The van der Waals surface area contributed by atoms with Crippen LogP contribution < -0.4 is 0 Å². The molecule has 0 aromatic rings. The van der Waals surface area contributed by atoms with Crippen molar-refractivity contribution in [2.24, 2.45) is 0 Å². The van der Waals surface area contributed by atoms with Crippen LogP contribution in [0.1, 0.15) is 19.3 Å². The Balaban J connectivity index is 6.56. The quantitative estimate of drug-likeness (QED) is 0.141. The molecule has 1 nitrogen and oxygen atoms in total. The van der Waals surface area contributed by atoms with Gasteiger partial charge < -0.3 is 5.11 Å². The van der Waals surface area contributed by atoms with Gasteiger partial charge in [0.2, 0.25) is 0 Å². The molecule has 0 unspecified atom stereocenters. The molecule has 1 N–H and O–H groups in total. The lowest BCUT2D eigenvalue weighted by molar-refractivity contribution is -0.459. The summed E-state index contributed by atoms with van der Waals surface area (Å²) in [6, 6.07) is 0. The summed E-state index contributed by atoms with van der Waals surface area (Å²) in [4.78, 5) is 0. The molecule has 0 aliphatic heterocycles. The predicted octanol–water partition coefficient (Wildman–Crippen LogP) is 7.48. The molecule has 0 aliphatic carbocycles. The summed E-state index contributed by atoms with van der Waals surface area (Å²) in [6.07, 6.45) is -10.0. The molecule has 0 bridgehead atoms. The summed E-state index contributed by atoms with van der Waals surface area (Å²) in [5, 5.41) is 8.46. The first-order chi connectivity index (χ1) is 14.2. The standard InChI is InChI=1S/C14H10F17IO/c15-7(16,5-6(32)3-1-2-4-33)8(17,18)9(19,20)10(21,22)11(23,24)12(25,26)13(27,28)14(29,30)31/h5,33H,1-4H2. The molecule has 0 aliphatic rings. The van der Waals surface area contributed by atoms with Gasteiger partial charge in [0, 0.05) is 12.7 Å². The third kappa shape index (κ3) is 5.12. The van der Waals surface area contributed by atoms with Crippen molar-refractivity contribution in [1.29, 1.82) is 0 Å². The number of aliphatic hydroxyl groups is 1. The second-order valence-corrected chi connectivity index (χ2v) is 7.72. The molecule has 0 radical (unpaired) electrons. The number of rotatable bonds is 11. The van der Waals surface area contributed by atoms with Crippen molar-refractivity contribution in [1.82, 2.24) is 0 Å². The molecule has 0 spiro atoms. The Morgan fingerprint density at radius 3 is 1.21 bits per heavy atom. The minimum atomic E-state index is -8.62. The fraction of sp³-hybridized carbons (Fsp3) is 0.857. The van der Waals surface area contributed by atoms with Crippen molar-refractivity contribution in [2.75, 3.05) is 6.61 Å². The number of hydrogen-bond acceptors (Lipinski definition) is 1. The Morgan fingerprint density at radius 1 is 0.545 bits per heavy atom. The van der Waals surface area contributed by atoms with Gasteiger partial charge in [-0.25, -0.2) is 0 Å². The Labute approximate surface area is 186 Å². The third-order valence-corrected chi connectivity index (χ3v) is 4.76. The summed E-state index contributed by atoms with van der Waals surface area (Å²) in [7, 11) is 0. The van der Waals surface area contributed by atoms with Crippen LogP contribution in [-0.2, 0) is 0 Å². The van der Waals surface area contributed by atoms with E-state index in [-0.39, 0.29) is 12.8 Å². The first kappa shape index (κ1) is 32.2. The fourth-order valence-electron chi connectivity index (χ4n) is 1.94.